The van der Waals surface area contributed by atoms with Crippen LogP contribution in [-0.4, -0.2) is 34.4 Å². The van der Waals surface area contributed by atoms with Crippen molar-refractivity contribution in [3.8, 4) is 17.0 Å². The zero-order valence-electron chi connectivity index (χ0n) is 20.7. The maximum Gasteiger partial charge on any atom is 0.573 e. The largest absolute Gasteiger partial charge is 0.573 e. The first-order valence-corrected chi connectivity index (χ1v) is 12.5. The Labute approximate surface area is 213 Å². The number of rotatable bonds is 9. The highest BCUT2D eigenvalue weighted by atomic mass is 19.4. The second kappa shape index (κ2) is 11.6. The SMILES string of the molecule is CC(=O)CCNC(=O)c1ccc(Cn2nc(-c3ccc(OC(F)(F)F)cc3)cc2C2CCCCC2)cc1. The highest BCUT2D eigenvalue weighted by molar-refractivity contribution is 5.94. The number of ketones is 1. The Balaban J connectivity index is 1.52. The van der Waals surface area contributed by atoms with Crippen molar-refractivity contribution in [3.63, 3.8) is 0 Å². The van der Waals surface area contributed by atoms with Crippen LogP contribution in [0.3, 0.4) is 0 Å². The number of hydrogen-bond donors (Lipinski definition) is 1. The van der Waals surface area contributed by atoms with E-state index in [1.165, 1.54) is 25.5 Å². The molecule has 2 aromatic carbocycles. The summed E-state index contributed by atoms with van der Waals surface area (Å²) in [6.07, 6.45) is 1.24. The van der Waals surface area contributed by atoms with Crippen molar-refractivity contribution < 1.29 is 27.5 Å². The van der Waals surface area contributed by atoms with Crippen LogP contribution in [0.5, 0.6) is 5.75 Å². The molecule has 0 bridgehead atoms. The molecule has 4 rings (SSSR count). The normalized spacial score (nSPS) is 14.4. The lowest BCUT2D eigenvalue weighted by Crippen LogP contribution is -2.25. The molecule has 0 saturated heterocycles. The summed E-state index contributed by atoms with van der Waals surface area (Å²) in [5, 5.41) is 7.55. The minimum absolute atomic E-state index is 0.0218. The van der Waals surface area contributed by atoms with E-state index in [0.29, 0.717) is 42.2 Å². The van der Waals surface area contributed by atoms with E-state index in [1.807, 2.05) is 22.9 Å². The van der Waals surface area contributed by atoms with E-state index in [2.05, 4.69) is 10.1 Å². The molecule has 0 spiro atoms. The number of benzene rings is 2. The Morgan fingerprint density at radius 3 is 2.32 bits per heavy atom. The first-order chi connectivity index (χ1) is 17.7. The maximum atomic E-state index is 12.5. The molecule has 0 atom stereocenters. The molecule has 1 aliphatic carbocycles. The minimum Gasteiger partial charge on any atom is -0.406 e. The molecule has 0 unspecified atom stereocenters. The smallest absolute Gasteiger partial charge is 0.406 e. The minimum atomic E-state index is -4.73. The van der Waals surface area contributed by atoms with Crippen LogP contribution < -0.4 is 10.1 Å². The van der Waals surface area contributed by atoms with Gasteiger partial charge in [-0.15, -0.1) is 13.2 Å². The summed E-state index contributed by atoms with van der Waals surface area (Å²) in [5.74, 6) is -0.105. The van der Waals surface area contributed by atoms with Crippen LogP contribution in [0.1, 0.15) is 73.0 Å². The number of ether oxygens (including phenoxy) is 1. The number of aromatic nitrogens is 2. The molecule has 1 aliphatic rings. The number of nitrogens with one attached hydrogen (secondary N) is 1. The average Bonchev–Trinajstić information content (AvgIpc) is 3.28. The molecule has 9 heteroatoms. The first-order valence-electron chi connectivity index (χ1n) is 12.5. The lowest BCUT2D eigenvalue weighted by Gasteiger charge is -2.22. The van der Waals surface area contributed by atoms with Gasteiger partial charge in [0.2, 0.25) is 0 Å². The highest BCUT2D eigenvalue weighted by Crippen LogP contribution is 2.35. The van der Waals surface area contributed by atoms with Gasteiger partial charge in [0.25, 0.3) is 5.91 Å². The lowest BCUT2D eigenvalue weighted by molar-refractivity contribution is -0.274. The van der Waals surface area contributed by atoms with Gasteiger partial charge >= 0.3 is 6.36 Å². The van der Waals surface area contributed by atoms with Crippen LogP contribution in [0.15, 0.2) is 54.6 Å². The number of hydrogen-bond acceptors (Lipinski definition) is 4. The molecule has 6 nitrogen and oxygen atoms in total. The number of carbonyl (C=O) groups is 2. The molecule has 1 saturated carbocycles. The van der Waals surface area contributed by atoms with Gasteiger partial charge in [0.05, 0.1) is 12.2 Å². The van der Waals surface area contributed by atoms with E-state index >= 15 is 0 Å². The zero-order chi connectivity index (χ0) is 26.4. The number of alkyl halides is 3. The van der Waals surface area contributed by atoms with Crippen LogP contribution in [0.2, 0.25) is 0 Å². The van der Waals surface area contributed by atoms with Crippen molar-refractivity contribution in [1.82, 2.24) is 15.1 Å². The number of carbonyl (C=O) groups excluding carboxylic acids is 2. The van der Waals surface area contributed by atoms with Gasteiger partial charge in [-0.05, 0) is 67.8 Å². The maximum absolute atomic E-state index is 12.5. The fourth-order valence-corrected chi connectivity index (χ4v) is 4.64. The van der Waals surface area contributed by atoms with Crippen molar-refractivity contribution in [1.29, 1.82) is 0 Å². The van der Waals surface area contributed by atoms with Gasteiger partial charge < -0.3 is 10.1 Å². The highest BCUT2D eigenvalue weighted by Gasteiger charge is 2.31. The van der Waals surface area contributed by atoms with Crippen molar-refractivity contribution in [2.75, 3.05) is 6.54 Å². The lowest BCUT2D eigenvalue weighted by atomic mass is 9.86. The zero-order valence-corrected chi connectivity index (χ0v) is 20.7. The van der Waals surface area contributed by atoms with E-state index in [4.69, 9.17) is 5.10 Å². The van der Waals surface area contributed by atoms with Gasteiger partial charge in [0, 0.05) is 35.7 Å². The van der Waals surface area contributed by atoms with Gasteiger partial charge in [0.15, 0.2) is 0 Å². The molecule has 196 valence electrons. The molecule has 0 aliphatic heterocycles. The number of Topliss-reactive ketones (excluding diaryl/α,β-unsaturated/α-hetero) is 1. The van der Waals surface area contributed by atoms with Crippen molar-refractivity contribution >= 4 is 11.7 Å². The van der Waals surface area contributed by atoms with Gasteiger partial charge in [-0.1, -0.05) is 31.4 Å². The first kappa shape index (κ1) is 26.4. The molecule has 37 heavy (non-hydrogen) atoms. The summed E-state index contributed by atoms with van der Waals surface area (Å²) >= 11 is 0. The van der Waals surface area contributed by atoms with Crippen LogP contribution >= 0.6 is 0 Å². The van der Waals surface area contributed by atoms with Gasteiger partial charge in [-0.3, -0.25) is 14.3 Å². The van der Waals surface area contributed by atoms with Gasteiger partial charge in [-0.25, -0.2) is 0 Å². The predicted molar refractivity (Wildman–Crippen MR) is 133 cm³/mol. The summed E-state index contributed by atoms with van der Waals surface area (Å²) in [6, 6.07) is 15.1. The quantitative estimate of drug-likeness (QED) is 0.367. The molecular weight excluding hydrogens is 483 g/mol. The topological polar surface area (TPSA) is 73.2 Å². The van der Waals surface area contributed by atoms with Crippen molar-refractivity contribution in [2.45, 2.75) is 64.3 Å². The Morgan fingerprint density at radius 1 is 1.03 bits per heavy atom. The standard InChI is InChI=1S/C28H30F3N3O3/c1-19(35)15-16-32-27(36)23-9-7-20(8-10-23)18-34-26(22-5-3-2-4-6-22)17-25(33-34)21-11-13-24(14-12-21)37-28(29,30)31/h7-14,17,22H,2-6,15-16,18H2,1H3,(H,32,36). The third-order valence-corrected chi connectivity index (χ3v) is 6.53. The predicted octanol–water partition coefficient (Wildman–Crippen LogP) is 6.25. The molecular formula is C28H30F3N3O3. The molecule has 0 radical (unpaired) electrons. The molecule has 1 N–H and O–H groups in total. The number of nitrogens with zero attached hydrogens (tertiary/aromatic N) is 2. The fourth-order valence-electron chi connectivity index (χ4n) is 4.64. The van der Waals surface area contributed by atoms with Gasteiger partial charge in [-0.2, -0.15) is 5.10 Å². The van der Waals surface area contributed by atoms with Crippen molar-refractivity contribution in [2.24, 2.45) is 0 Å². The van der Waals surface area contributed by atoms with Crippen LogP contribution in [0.25, 0.3) is 11.3 Å². The number of halogens is 3. The molecule has 1 aromatic heterocycles. The van der Waals surface area contributed by atoms with E-state index in [9.17, 15) is 22.8 Å². The van der Waals surface area contributed by atoms with E-state index in [0.717, 1.165) is 36.9 Å². The van der Waals surface area contributed by atoms with Crippen LogP contribution in [0, 0.1) is 0 Å². The Bertz CT molecular complexity index is 1210. The Kier molecular flexibility index (Phi) is 8.31. The summed E-state index contributed by atoms with van der Waals surface area (Å²) < 4.78 is 43.5. The third kappa shape index (κ3) is 7.44. The second-order valence-electron chi connectivity index (χ2n) is 9.42. The Hall–Kier alpha value is -3.62. The summed E-state index contributed by atoms with van der Waals surface area (Å²) in [6.45, 7) is 2.30. The Morgan fingerprint density at radius 2 is 1.70 bits per heavy atom. The van der Waals surface area contributed by atoms with E-state index < -0.39 is 6.36 Å². The average molecular weight is 514 g/mol. The van der Waals surface area contributed by atoms with E-state index in [-0.39, 0.29) is 17.4 Å². The summed E-state index contributed by atoms with van der Waals surface area (Å²) in [5.41, 5.74) is 4.00. The molecule has 3 aromatic rings. The number of amides is 1. The third-order valence-electron chi connectivity index (χ3n) is 6.53. The van der Waals surface area contributed by atoms with Gasteiger partial charge in [0.1, 0.15) is 11.5 Å². The molecule has 1 amide bonds. The second-order valence-corrected chi connectivity index (χ2v) is 9.42. The van der Waals surface area contributed by atoms with Crippen LogP contribution in [-0.2, 0) is 11.3 Å². The van der Waals surface area contributed by atoms with Crippen LogP contribution in [0.4, 0.5) is 13.2 Å². The van der Waals surface area contributed by atoms with Crippen molar-refractivity contribution in [3.05, 3.63) is 71.4 Å². The fraction of sp³-hybridized carbons (Fsp3) is 0.393. The monoisotopic (exact) mass is 513 g/mol. The summed E-state index contributed by atoms with van der Waals surface area (Å²) in [4.78, 5) is 23.4. The molecule has 1 fully saturated rings. The van der Waals surface area contributed by atoms with E-state index in [1.54, 1.807) is 24.3 Å². The summed E-state index contributed by atoms with van der Waals surface area (Å²) in [7, 11) is 0. The molecule has 1 heterocycles.